The molecule has 1 N–H and O–H groups in total. The molecular formula is C13H15BrN4O2S. The molecule has 3 rings (SSSR count). The highest BCUT2D eigenvalue weighted by Crippen LogP contribution is 2.41. The lowest BCUT2D eigenvalue weighted by Gasteiger charge is -2.23. The number of aromatic nitrogens is 4. The van der Waals surface area contributed by atoms with Crippen LogP contribution in [-0.2, 0) is 11.3 Å². The number of aliphatic carboxylic acids is 1. The molecule has 0 unspecified atom stereocenters. The van der Waals surface area contributed by atoms with Crippen molar-refractivity contribution < 1.29 is 9.90 Å². The summed E-state index contributed by atoms with van der Waals surface area (Å²) < 4.78 is 2.68. The topological polar surface area (TPSA) is 80.9 Å². The van der Waals surface area contributed by atoms with Crippen LogP contribution in [0.5, 0.6) is 0 Å². The Morgan fingerprint density at radius 1 is 1.52 bits per heavy atom. The summed E-state index contributed by atoms with van der Waals surface area (Å²) in [4.78, 5) is 12.6. The average molecular weight is 371 g/mol. The van der Waals surface area contributed by atoms with Gasteiger partial charge in [-0.3, -0.25) is 4.79 Å². The quantitative estimate of drug-likeness (QED) is 0.893. The first-order valence-electron chi connectivity index (χ1n) is 6.78. The maximum Gasteiger partial charge on any atom is 0.311 e. The Kier molecular flexibility index (Phi) is 3.83. The number of carboxylic acid groups (broad SMARTS) is 1. The largest absolute Gasteiger partial charge is 0.481 e. The van der Waals surface area contributed by atoms with Crippen LogP contribution in [0.3, 0.4) is 0 Å². The molecule has 0 atom stereocenters. The first-order chi connectivity index (χ1) is 10.0. The zero-order valence-electron chi connectivity index (χ0n) is 11.5. The molecule has 8 heteroatoms. The van der Waals surface area contributed by atoms with Crippen LogP contribution in [0.25, 0.3) is 10.7 Å². The standard InChI is InChI=1S/C13H15BrN4O2S/c1-8-6-9(21-10(8)14)11-15-16-17-18(11)7-13(12(19)20)4-2-3-5-13/h6H,2-5,7H2,1H3,(H,19,20). The first kappa shape index (κ1) is 14.6. The minimum Gasteiger partial charge on any atom is -0.481 e. The molecule has 1 fully saturated rings. The van der Waals surface area contributed by atoms with E-state index in [1.165, 1.54) is 0 Å². The summed E-state index contributed by atoms with van der Waals surface area (Å²) in [5.74, 6) is -0.105. The van der Waals surface area contributed by atoms with Gasteiger partial charge in [0, 0.05) is 0 Å². The van der Waals surface area contributed by atoms with Crippen LogP contribution in [-0.4, -0.2) is 31.3 Å². The summed E-state index contributed by atoms with van der Waals surface area (Å²) in [5.41, 5.74) is 0.395. The second-order valence-corrected chi connectivity index (χ2v) is 7.89. The van der Waals surface area contributed by atoms with E-state index in [2.05, 4.69) is 31.5 Å². The van der Waals surface area contributed by atoms with E-state index in [0.717, 1.165) is 27.1 Å². The van der Waals surface area contributed by atoms with Crippen LogP contribution < -0.4 is 0 Å². The van der Waals surface area contributed by atoms with Gasteiger partial charge in [0.1, 0.15) is 0 Å². The SMILES string of the molecule is Cc1cc(-c2nnnn2CC2(C(=O)O)CCCC2)sc1Br. The number of tetrazole rings is 1. The van der Waals surface area contributed by atoms with Crippen molar-refractivity contribution in [1.82, 2.24) is 20.2 Å². The third kappa shape index (κ3) is 2.62. The summed E-state index contributed by atoms with van der Waals surface area (Å²) in [6.45, 7) is 2.34. The Balaban J connectivity index is 1.94. The molecule has 0 spiro atoms. The van der Waals surface area contributed by atoms with Gasteiger partial charge in [-0.15, -0.1) is 16.4 Å². The van der Waals surface area contributed by atoms with Gasteiger partial charge in [-0.1, -0.05) is 12.8 Å². The Hall–Kier alpha value is -1.28. The third-order valence-corrected chi connectivity index (χ3v) is 6.21. The van der Waals surface area contributed by atoms with Crippen LogP contribution in [0.1, 0.15) is 31.2 Å². The normalized spacial score (nSPS) is 17.2. The number of nitrogens with zero attached hydrogens (tertiary/aromatic N) is 4. The zero-order chi connectivity index (χ0) is 15.0. The summed E-state index contributed by atoms with van der Waals surface area (Å²) >= 11 is 5.05. The number of carboxylic acids is 1. The van der Waals surface area contributed by atoms with E-state index in [-0.39, 0.29) is 0 Å². The lowest BCUT2D eigenvalue weighted by Crippen LogP contribution is -2.33. The van der Waals surface area contributed by atoms with Crippen molar-refractivity contribution in [2.75, 3.05) is 0 Å². The van der Waals surface area contributed by atoms with Gasteiger partial charge in [-0.25, -0.2) is 4.68 Å². The van der Waals surface area contributed by atoms with Gasteiger partial charge in [-0.05, 0) is 57.8 Å². The molecule has 0 radical (unpaired) electrons. The molecule has 0 amide bonds. The number of thiophene rings is 1. The van der Waals surface area contributed by atoms with Crippen LogP contribution in [0.4, 0.5) is 0 Å². The molecule has 1 aliphatic rings. The molecular weight excluding hydrogens is 356 g/mol. The van der Waals surface area contributed by atoms with Gasteiger partial charge in [-0.2, -0.15) is 0 Å². The molecule has 0 saturated heterocycles. The Labute approximate surface area is 134 Å². The van der Waals surface area contributed by atoms with Crippen molar-refractivity contribution in [3.8, 4) is 10.7 Å². The van der Waals surface area contributed by atoms with Gasteiger partial charge in [0.25, 0.3) is 0 Å². The van der Waals surface area contributed by atoms with E-state index in [9.17, 15) is 9.90 Å². The fourth-order valence-corrected chi connectivity index (χ4v) is 4.36. The van der Waals surface area contributed by atoms with Crippen molar-refractivity contribution in [1.29, 1.82) is 0 Å². The Morgan fingerprint density at radius 2 is 2.24 bits per heavy atom. The van der Waals surface area contributed by atoms with Crippen molar-refractivity contribution in [2.45, 2.75) is 39.2 Å². The van der Waals surface area contributed by atoms with Crippen LogP contribution in [0.2, 0.25) is 0 Å². The first-order valence-corrected chi connectivity index (χ1v) is 8.39. The van der Waals surface area contributed by atoms with Crippen LogP contribution in [0.15, 0.2) is 9.85 Å². The van der Waals surface area contributed by atoms with Gasteiger partial charge in [0.05, 0.1) is 20.6 Å². The summed E-state index contributed by atoms with van der Waals surface area (Å²) in [6.07, 6.45) is 3.28. The molecule has 2 aromatic heterocycles. The Bertz CT molecular complexity index is 656. The number of carbonyl (C=O) groups is 1. The number of aryl methyl sites for hydroxylation is 1. The molecule has 2 aromatic rings. The van der Waals surface area contributed by atoms with E-state index in [0.29, 0.717) is 25.2 Å². The minimum atomic E-state index is -0.745. The number of hydrogen-bond donors (Lipinski definition) is 1. The van der Waals surface area contributed by atoms with Gasteiger partial charge in [0.2, 0.25) is 0 Å². The van der Waals surface area contributed by atoms with Gasteiger partial charge < -0.3 is 5.11 Å². The molecule has 0 bridgehead atoms. The lowest BCUT2D eigenvalue weighted by molar-refractivity contribution is -0.149. The molecule has 1 saturated carbocycles. The molecule has 0 aliphatic heterocycles. The predicted molar refractivity (Wildman–Crippen MR) is 82.1 cm³/mol. The number of rotatable bonds is 4. The average Bonchev–Trinajstić information content (AvgIpc) is 3.13. The molecule has 6 nitrogen and oxygen atoms in total. The van der Waals surface area contributed by atoms with Gasteiger partial charge in [0.15, 0.2) is 5.82 Å². The molecule has 2 heterocycles. The molecule has 112 valence electrons. The fourth-order valence-electron chi connectivity index (χ4n) is 2.84. The van der Waals surface area contributed by atoms with E-state index in [1.54, 1.807) is 16.0 Å². The van der Waals surface area contributed by atoms with E-state index in [1.807, 2.05) is 13.0 Å². The maximum absolute atomic E-state index is 11.7. The summed E-state index contributed by atoms with van der Waals surface area (Å²) in [7, 11) is 0. The summed E-state index contributed by atoms with van der Waals surface area (Å²) in [6, 6.07) is 2.01. The second-order valence-electron chi connectivity index (χ2n) is 5.52. The molecule has 1 aliphatic carbocycles. The van der Waals surface area contributed by atoms with Crippen LogP contribution >= 0.6 is 27.3 Å². The highest BCUT2D eigenvalue weighted by Gasteiger charge is 2.42. The predicted octanol–water partition coefficient (Wildman–Crippen LogP) is 3.12. The number of halogens is 1. The Morgan fingerprint density at radius 3 is 2.81 bits per heavy atom. The highest BCUT2D eigenvalue weighted by atomic mass is 79.9. The van der Waals surface area contributed by atoms with E-state index in [4.69, 9.17) is 0 Å². The zero-order valence-corrected chi connectivity index (χ0v) is 13.9. The smallest absolute Gasteiger partial charge is 0.311 e. The fraction of sp³-hybridized carbons (Fsp3) is 0.538. The van der Waals surface area contributed by atoms with Crippen LogP contribution in [0, 0.1) is 12.3 Å². The van der Waals surface area contributed by atoms with E-state index < -0.39 is 11.4 Å². The number of hydrogen-bond acceptors (Lipinski definition) is 5. The molecule has 21 heavy (non-hydrogen) atoms. The van der Waals surface area contributed by atoms with Crippen molar-refractivity contribution in [3.63, 3.8) is 0 Å². The molecule has 0 aromatic carbocycles. The van der Waals surface area contributed by atoms with Crippen molar-refractivity contribution >= 4 is 33.2 Å². The van der Waals surface area contributed by atoms with Crippen molar-refractivity contribution in [2.24, 2.45) is 5.41 Å². The monoisotopic (exact) mass is 370 g/mol. The van der Waals surface area contributed by atoms with Gasteiger partial charge >= 0.3 is 5.97 Å². The van der Waals surface area contributed by atoms with Crippen molar-refractivity contribution in [3.05, 3.63) is 15.4 Å². The third-order valence-electron chi connectivity index (χ3n) is 4.08. The summed E-state index contributed by atoms with van der Waals surface area (Å²) in [5, 5.41) is 21.4. The lowest BCUT2D eigenvalue weighted by atomic mass is 9.86. The second kappa shape index (κ2) is 5.49. The maximum atomic E-state index is 11.7. The highest BCUT2D eigenvalue weighted by molar-refractivity contribution is 9.11. The van der Waals surface area contributed by atoms with E-state index >= 15 is 0 Å². The minimum absolute atomic E-state index is 0.333.